The van der Waals surface area contributed by atoms with Crippen molar-refractivity contribution >= 4 is 23.2 Å². The molecule has 11 heteroatoms. The standard InChI is InChI=1S/C26H19F2N7O2/c1-16-15-34-22(21(14-32-34)23(36)33-19-9-5-6-17(10-19)11-29)24(37)35(16)20-12-30-25(31-13-20)26(27,28)18-7-3-2-4-8-18/h2-10,12-14,16H,15H2,1H3,(H,33,36)/t16-/m0/s1. The molecular formula is C26H19F2N7O2. The second kappa shape index (κ2) is 9.23. The van der Waals surface area contributed by atoms with Crippen molar-refractivity contribution in [1.29, 1.82) is 5.26 Å². The maximum absolute atomic E-state index is 14.9. The van der Waals surface area contributed by atoms with E-state index in [1.807, 2.05) is 6.07 Å². The van der Waals surface area contributed by atoms with Crippen molar-refractivity contribution in [2.24, 2.45) is 0 Å². The lowest BCUT2D eigenvalue weighted by atomic mass is 10.1. The topological polar surface area (TPSA) is 117 Å². The Morgan fingerprint density at radius 3 is 2.54 bits per heavy atom. The summed E-state index contributed by atoms with van der Waals surface area (Å²) in [5, 5.41) is 15.9. The highest BCUT2D eigenvalue weighted by molar-refractivity contribution is 6.15. The Hall–Kier alpha value is -4.98. The molecule has 1 aliphatic heterocycles. The number of nitrogens with zero attached hydrogens (tertiary/aromatic N) is 6. The highest BCUT2D eigenvalue weighted by atomic mass is 19.3. The molecule has 9 nitrogen and oxygen atoms in total. The van der Waals surface area contributed by atoms with Crippen molar-refractivity contribution < 1.29 is 18.4 Å². The fraction of sp³-hybridized carbons (Fsp3) is 0.154. The van der Waals surface area contributed by atoms with Gasteiger partial charge in [-0.1, -0.05) is 36.4 Å². The number of rotatable bonds is 5. The summed E-state index contributed by atoms with van der Waals surface area (Å²) in [5.41, 5.74) is 0.812. The van der Waals surface area contributed by atoms with E-state index in [1.54, 1.807) is 31.2 Å². The van der Waals surface area contributed by atoms with Crippen molar-refractivity contribution in [3.63, 3.8) is 0 Å². The van der Waals surface area contributed by atoms with Crippen molar-refractivity contribution in [3.05, 3.63) is 101 Å². The van der Waals surface area contributed by atoms with E-state index in [0.29, 0.717) is 11.3 Å². The summed E-state index contributed by atoms with van der Waals surface area (Å²) >= 11 is 0. The van der Waals surface area contributed by atoms with E-state index in [2.05, 4.69) is 20.4 Å². The molecule has 0 saturated carbocycles. The number of nitrogens with one attached hydrogen (secondary N) is 1. The minimum absolute atomic E-state index is 0.0393. The van der Waals surface area contributed by atoms with E-state index in [0.717, 1.165) is 0 Å². The fourth-order valence-corrected chi connectivity index (χ4v) is 4.18. The zero-order valence-corrected chi connectivity index (χ0v) is 19.5. The minimum Gasteiger partial charge on any atom is -0.322 e. The number of hydrogen-bond acceptors (Lipinski definition) is 6. The number of alkyl halides is 2. The second-order valence-corrected chi connectivity index (χ2v) is 8.47. The molecule has 0 fully saturated rings. The second-order valence-electron chi connectivity index (χ2n) is 8.47. The minimum atomic E-state index is -3.41. The lowest BCUT2D eigenvalue weighted by molar-refractivity contribution is 0.0328. The van der Waals surface area contributed by atoms with Gasteiger partial charge in [0.25, 0.3) is 11.8 Å². The molecule has 2 amide bonds. The first-order valence-corrected chi connectivity index (χ1v) is 11.3. The van der Waals surface area contributed by atoms with E-state index in [9.17, 15) is 18.4 Å². The number of fused-ring (bicyclic) bond motifs is 1. The number of carbonyl (C=O) groups excluding carboxylic acids is 2. The van der Waals surface area contributed by atoms with Crippen LogP contribution in [0.1, 0.15) is 44.7 Å². The number of halogens is 2. The molecule has 5 rings (SSSR count). The highest BCUT2D eigenvalue weighted by Crippen LogP contribution is 2.34. The van der Waals surface area contributed by atoms with E-state index in [4.69, 9.17) is 5.26 Å². The first-order chi connectivity index (χ1) is 17.8. The third-order valence-corrected chi connectivity index (χ3v) is 5.97. The molecule has 0 bridgehead atoms. The third-order valence-electron chi connectivity index (χ3n) is 5.97. The molecule has 0 unspecified atom stereocenters. The Bertz CT molecular complexity index is 1530. The van der Waals surface area contributed by atoms with Gasteiger partial charge in [0.1, 0.15) is 5.69 Å². The van der Waals surface area contributed by atoms with Gasteiger partial charge >= 0.3 is 5.92 Å². The highest BCUT2D eigenvalue weighted by Gasteiger charge is 2.39. The smallest absolute Gasteiger partial charge is 0.322 e. The summed E-state index contributed by atoms with van der Waals surface area (Å²) in [4.78, 5) is 35.6. The van der Waals surface area contributed by atoms with Crippen LogP contribution in [0.2, 0.25) is 0 Å². The van der Waals surface area contributed by atoms with Crippen LogP contribution in [-0.4, -0.2) is 37.6 Å². The van der Waals surface area contributed by atoms with Crippen molar-refractivity contribution in [2.45, 2.75) is 25.4 Å². The summed E-state index contributed by atoms with van der Waals surface area (Å²) in [5.74, 6) is -5.22. The van der Waals surface area contributed by atoms with Crippen LogP contribution in [0.3, 0.4) is 0 Å². The van der Waals surface area contributed by atoms with Crippen LogP contribution in [0.5, 0.6) is 0 Å². The predicted molar refractivity (Wildman–Crippen MR) is 129 cm³/mol. The number of amides is 2. The summed E-state index contributed by atoms with van der Waals surface area (Å²) in [7, 11) is 0. The molecular weight excluding hydrogens is 480 g/mol. The first-order valence-electron chi connectivity index (χ1n) is 11.3. The number of benzene rings is 2. The van der Waals surface area contributed by atoms with Gasteiger partial charge in [0.2, 0.25) is 5.82 Å². The van der Waals surface area contributed by atoms with E-state index in [-0.39, 0.29) is 29.1 Å². The Labute approximate surface area is 210 Å². The van der Waals surface area contributed by atoms with Crippen LogP contribution >= 0.6 is 0 Å². The van der Waals surface area contributed by atoms with Gasteiger partial charge in [0, 0.05) is 11.3 Å². The van der Waals surface area contributed by atoms with Gasteiger partial charge in [0.05, 0.1) is 54.1 Å². The Kier molecular flexibility index (Phi) is 5.93. The lowest BCUT2D eigenvalue weighted by Crippen LogP contribution is -2.47. The molecule has 2 aromatic heterocycles. The van der Waals surface area contributed by atoms with Gasteiger partial charge in [-0.05, 0) is 25.1 Å². The largest absolute Gasteiger partial charge is 0.331 e. The Morgan fingerprint density at radius 2 is 1.84 bits per heavy atom. The van der Waals surface area contributed by atoms with Crippen LogP contribution in [0.15, 0.2) is 73.2 Å². The van der Waals surface area contributed by atoms with Crippen molar-refractivity contribution in [1.82, 2.24) is 19.7 Å². The number of hydrogen-bond donors (Lipinski definition) is 1. The lowest BCUT2D eigenvalue weighted by Gasteiger charge is -2.33. The molecule has 1 N–H and O–H groups in total. The van der Waals surface area contributed by atoms with Gasteiger partial charge in [0.15, 0.2) is 0 Å². The summed E-state index contributed by atoms with van der Waals surface area (Å²) in [6.07, 6.45) is 3.65. The molecule has 1 aliphatic rings. The first kappa shape index (κ1) is 23.7. The van der Waals surface area contributed by atoms with Gasteiger partial charge in [-0.25, -0.2) is 9.97 Å². The van der Waals surface area contributed by atoms with Crippen LogP contribution in [0, 0.1) is 11.3 Å². The molecule has 0 saturated heterocycles. The molecule has 3 heterocycles. The van der Waals surface area contributed by atoms with Crippen LogP contribution in [-0.2, 0) is 12.5 Å². The summed E-state index contributed by atoms with van der Waals surface area (Å²) in [6, 6.07) is 15.2. The van der Waals surface area contributed by atoms with Gasteiger partial charge < -0.3 is 5.32 Å². The third kappa shape index (κ3) is 4.29. The van der Waals surface area contributed by atoms with Gasteiger partial charge in [-0.3, -0.25) is 19.2 Å². The quantitative estimate of drug-likeness (QED) is 0.444. The zero-order chi connectivity index (χ0) is 26.2. The van der Waals surface area contributed by atoms with E-state index < -0.39 is 29.6 Å². The van der Waals surface area contributed by atoms with Crippen LogP contribution in [0.25, 0.3) is 0 Å². The molecule has 4 aromatic rings. The van der Waals surface area contributed by atoms with Crippen LogP contribution in [0.4, 0.5) is 20.2 Å². The number of nitriles is 1. The zero-order valence-electron chi connectivity index (χ0n) is 19.5. The molecule has 0 radical (unpaired) electrons. The summed E-state index contributed by atoms with van der Waals surface area (Å²) in [6.45, 7) is 2.03. The number of aromatic nitrogens is 4. The Morgan fingerprint density at radius 1 is 1.11 bits per heavy atom. The number of carbonyl (C=O) groups is 2. The summed E-state index contributed by atoms with van der Waals surface area (Å²) < 4.78 is 31.2. The normalized spacial score (nSPS) is 15.1. The van der Waals surface area contributed by atoms with Gasteiger partial charge in [-0.15, -0.1) is 0 Å². The molecule has 184 valence electrons. The van der Waals surface area contributed by atoms with Crippen molar-refractivity contribution in [3.8, 4) is 6.07 Å². The average Bonchev–Trinajstić information content (AvgIpc) is 3.34. The van der Waals surface area contributed by atoms with Crippen LogP contribution < -0.4 is 10.2 Å². The molecule has 1 atom stereocenters. The van der Waals surface area contributed by atoms with Gasteiger partial charge in [-0.2, -0.15) is 19.1 Å². The fourth-order valence-electron chi connectivity index (χ4n) is 4.18. The van der Waals surface area contributed by atoms with Crippen molar-refractivity contribution in [2.75, 3.05) is 10.2 Å². The molecule has 0 aliphatic carbocycles. The predicted octanol–water partition coefficient (Wildman–Crippen LogP) is 3.99. The van der Waals surface area contributed by atoms with E-state index in [1.165, 1.54) is 58.5 Å². The molecule has 2 aromatic carbocycles. The Balaban J connectivity index is 1.42. The maximum Gasteiger partial charge on any atom is 0.331 e. The average molecular weight is 499 g/mol. The SMILES string of the molecule is C[C@H]1Cn2ncc(C(=O)Nc3cccc(C#N)c3)c2C(=O)N1c1cnc(C(F)(F)c2ccccc2)nc1. The maximum atomic E-state index is 14.9. The molecule has 37 heavy (non-hydrogen) atoms. The monoisotopic (exact) mass is 499 g/mol. The van der Waals surface area contributed by atoms with E-state index >= 15 is 0 Å². The number of anilines is 2. The molecule has 0 spiro atoms.